The zero-order valence-electron chi connectivity index (χ0n) is 10.3. The molecular weight excluding hydrogens is 240 g/mol. The van der Waals surface area contributed by atoms with Crippen molar-refractivity contribution < 1.29 is 29.2 Å². The summed E-state index contributed by atoms with van der Waals surface area (Å²) in [6.07, 6.45) is -0.615. The highest BCUT2D eigenvalue weighted by molar-refractivity contribution is 5.64. The highest BCUT2D eigenvalue weighted by Gasteiger charge is 2.27. The number of hydrogen-bond donors (Lipinski definition) is 2. The highest BCUT2D eigenvalue weighted by Crippen LogP contribution is 2.49. The van der Waals surface area contributed by atoms with Crippen LogP contribution in [0.5, 0.6) is 23.0 Å². The molecule has 0 aromatic heterocycles. The Morgan fingerprint density at radius 3 is 2.61 bits per heavy atom. The van der Waals surface area contributed by atoms with Crippen molar-refractivity contribution in [1.29, 1.82) is 0 Å². The smallest absolute Gasteiger partial charge is 0.231 e. The summed E-state index contributed by atoms with van der Waals surface area (Å²) >= 11 is 0. The van der Waals surface area contributed by atoms with Gasteiger partial charge in [0.25, 0.3) is 0 Å². The first-order valence-electron chi connectivity index (χ1n) is 5.53. The summed E-state index contributed by atoms with van der Waals surface area (Å²) in [6.45, 7) is -0.214. The predicted molar refractivity (Wildman–Crippen MR) is 62.5 cm³/mol. The van der Waals surface area contributed by atoms with E-state index >= 15 is 0 Å². The monoisotopic (exact) mass is 256 g/mol. The van der Waals surface area contributed by atoms with Gasteiger partial charge < -0.3 is 29.2 Å². The van der Waals surface area contributed by atoms with E-state index in [0.29, 0.717) is 28.6 Å². The van der Waals surface area contributed by atoms with E-state index in [2.05, 4.69) is 0 Å². The Kier molecular flexibility index (Phi) is 3.78. The van der Waals surface area contributed by atoms with Crippen LogP contribution in [0.15, 0.2) is 6.07 Å². The van der Waals surface area contributed by atoms with Crippen LogP contribution in [0.4, 0.5) is 0 Å². The molecule has 6 heteroatoms. The molecule has 0 fully saturated rings. The first-order chi connectivity index (χ1) is 8.71. The minimum Gasteiger partial charge on any atom is -0.493 e. The number of ether oxygens (including phenoxy) is 4. The molecule has 1 atom stereocenters. The average molecular weight is 256 g/mol. The van der Waals surface area contributed by atoms with Gasteiger partial charge in [0.15, 0.2) is 11.5 Å². The third kappa shape index (κ3) is 2.16. The van der Waals surface area contributed by atoms with Gasteiger partial charge in [-0.25, -0.2) is 0 Å². The van der Waals surface area contributed by atoms with Crippen molar-refractivity contribution in [2.45, 2.75) is 12.5 Å². The van der Waals surface area contributed by atoms with Gasteiger partial charge in [-0.15, -0.1) is 0 Å². The van der Waals surface area contributed by atoms with Crippen molar-refractivity contribution in [2.75, 3.05) is 27.6 Å². The third-order valence-corrected chi connectivity index (χ3v) is 2.73. The lowest BCUT2D eigenvalue weighted by molar-refractivity contribution is 0.0948. The maximum absolute atomic E-state index is 9.53. The standard InChI is InChI=1S/C12H16O6/c1-15-9-4-7(3-8(14)5-13)10(16-2)12-11(9)17-6-18-12/h4,8,13-14H,3,5-6H2,1-2H3. The van der Waals surface area contributed by atoms with Gasteiger partial charge in [0.1, 0.15) is 0 Å². The Morgan fingerprint density at radius 1 is 1.28 bits per heavy atom. The molecule has 1 aromatic rings. The number of rotatable bonds is 5. The molecule has 0 saturated heterocycles. The van der Waals surface area contributed by atoms with Crippen LogP contribution in [-0.4, -0.2) is 43.9 Å². The summed E-state index contributed by atoms with van der Waals surface area (Å²) in [5, 5.41) is 18.4. The molecule has 18 heavy (non-hydrogen) atoms. The molecule has 100 valence electrons. The molecule has 0 saturated carbocycles. The van der Waals surface area contributed by atoms with Crippen LogP contribution < -0.4 is 18.9 Å². The van der Waals surface area contributed by atoms with E-state index in [1.807, 2.05) is 0 Å². The van der Waals surface area contributed by atoms with E-state index in [0.717, 1.165) is 0 Å². The summed E-state index contributed by atoms with van der Waals surface area (Å²) in [5.74, 6) is 1.98. The van der Waals surface area contributed by atoms with E-state index in [4.69, 9.17) is 24.1 Å². The maximum Gasteiger partial charge on any atom is 0.231 e. The van der Waals surface area contributed by atoms with Gasteiger partial charge in [-0.1, -0.05) is 0 Å². The summed E-state index contributed by atoms with van der Waals surface area (Å²) in [7, 11) is 3.04. The Hall–Kier alpha value is -1.66. The van der Waals surface area contributed by atoms with Crippen LogP contribution in [0, 0.1) is 0 Å². The van der Waals surface area contributed by atoms with E-state index in [9.17, 15) is 5.11 Å². The summed E-state index contributed by atoms with van der Waals surface area (Å²) in [5.41, 5.74) is 0.695. The first-order valence-corrected chi connectivity index (χ1v) is 5.53. The van der Waals surface area contributed by atoms with E-state index in [-0.39, 0.29) is 19.8 Å². The molecule has 2 rings (SSSR count). The molecule has 0 bridgehead atoms. The van der Waals surface area contributed by atoms with Crippen LogP contribution in [0.1, 0.15) is 5.56 Å². The van der Waals surface area contributed by atoms with Gasteiger partial charge in [0.05, 0.1) is 26.9 Å². The van der Waals surface area contributed by atoms with Crippen LogP contribution in [0.3, 0.4) is 0 Å². The van der Waals surface area contributed by atoms with Gasteiger partial charge >= 0.3 is 0 Å². The van der Waals surface area contributed by atoms with Gasteiger partial charge in [-0.3, -0.25) is 0 Å². The van der Waals surface area contributed by atoms with Crippen molar-refractivity contribution in [3.8, 4) is 23.0 Å². The molecule has 0 spiro atoms. The molecule has 0 amide bonds. The molecule has 0 aliphatic carbocycles. The second-order valence-corrected chi connectivity index (χ2v) is 3.88. The second kappa shape index (κ2) is 5.32. The van der Waals surface area contributed by atoms with E-state index in [1.165, 1.54) is 14.2 Å². The molecule has 1 aliphatic rings. The molecule has 1 heterocycles. The maximum atomic E-state index is 9.53. The summed E-state index contributed by atoms with van der Waals surface area (Å²) < 4.78 is 21.1. The molecule has 1 aromatic carbocycles. The normalized spacial score (nSPS) is 14.4. The van der Waals surface area contributed by atoms with E-state index < -0.39 is 6.10 Å². The number of methoxy groups -OCH3 is 2. The lowest BCUT2D eigenvalue weighted by atomic mass is 10.1. The molecule has 6 nitrogen and oxygen atoms in total. The predicted octanol–water partition coefficient (Wildman–Crippen LogP) is 0.328. The highest BCUT2D eigenvalue weighted by atomic mass is 16.7. The number of aliphatic hydroxyl groups excluding tert-OH is 2. The number of fused-ring (bicyclic) bond motifs is 1. The SMILES string of the molecule is COc1cc(CC(O)CO)c(OC)c2c1OCO2. The Morgan fingerprint density at radius 2 is 2.00 bits per heavy atom. The van der Waals surface area contributed by atoms with Gasteiger partial charge in [-0.2, -0.15) is 0 Å². The zero-order chi connectivity index (χ0) is 13.1. The second-order valence-electron chi connectivity index (χ2n) is 3.88. The molecule has 2 N–H and O–H groups in total. The van der Waals surface area contributed by atoms with Crippen LogP contribution in [-0.2, 0) is 6.42 Å². The van der Waals surface area contributed by atoms with Crippen molar-refractivity contribution in [3.63, 3.8) is 0 Å². The number of hydrogen-bond acceptors (Lipinski definition) is 6. The average Bonchev–Trinajstić information content (AvgIpc) is 2.86. The minimum absolute atomic E-state index is 0.105. The lowest BCUT2D eigenvalue weighted by Gasteiger charge is -2.15. The molecule has 1 unspecified atom stereocenters. The van der Waals surface area contributed by atoms with E-state index in [1.54, 1.807) is 6.07 Å². The Bertz CT molecular complexity index is 431. The van der Waals surface area contributed by atoms with Crippen molar-refractivity contribution in [3.05, 3.63) is 11.6 Å². The van der Waals surface area contributed by atoms with Gasteiger partial charge in [0, 0.05) is 12.0 Å². The molecule has 1 aliphatic heterocycles. The fraction of sp³-hybridized carbons (Fsp3) is 0.500. The molecule has 0 radical (unpaired) electrons. The Labute approximate surface area is 105 Å². The van der Waals surface area contributed by atoms with Gasteiger partial charge in [0.2, 0.25) is 18.3 Å². The quantitative estimate of drug-likeness (QED) is 0.790. The first kappa shape index (κ1) is 12.8. The van der Waals surface area contributed by atoms with Crippen molar-refractivity contribution in [1.82, 2.24) is 0 Å². The zero-order valence-corrected chi connectivity index (χ0v) is 10.3. The Balaban J connectivity index is 2.45. The fourth-order valence-electron chi connectivity index (χ4n) is 1.91. The van der Waals surface area contributed by atoms with Gasteiger partial charge in [-0.05, 0) is 6.07 Å². The van der Waals surface area contributed by atoms with Crippen molar-refractivity contribution >= 4 is 0 Å². The van der Waals surface area contributed by atoms with Crippen LogP contribution >= 0.6 is 0 Å². The number of benzene rings is 1. The largest absolute Gasteiger partial charge is 0.493 e. The fourth-order valence-corrected chi connectivity index (χ4v) is 1.91. The third-order valence-electron chi connectivity index (χ3n) is 2.73. The topological polar surface area (TPSA) is 77.4 Å². The molecular formula is C12H16O6. The summed E-state index contributed by atoms with van der Waals surface area (Å²) in [4.78, 5) is 0. The summed E-state index contributed by atoms with van der Waals surface area (Å²) in [6, 6.07) is 1.71. The lowest BCUT2D eigenvalue weighted by Crippen LogP contribution is -2.15. The minimum atomic E-state index is -0.857. The van der Waals surface area contributed by atoms with Crippen LogP contribution in [0.25, 0.3) is 0 Å². The van der Waals surface area contributed by atoms with Crippen LogP contribution in [0.2, 0.25) is 0 Å². The number of aliphatic hydroxyl groups is 2. The van der Waals surface area contributed by atoms with Crippen molar-refractivity contribution in [2.24, 2.45) is 0 Å².